The van der Waals surface area contributed by atoms with Crippen molar-refractivity contribution in [3.63, 3.8) is 0 Å². The summed E-state index contributed by atoms with van der Waals surface area (Å²) in [6, 6.07) is 0. The van der Waals surface area contributed by atoms with Crippen molar-refractivity contribution in [1.29, 1.82) is 0 Å². The van der Waals surface area contributed by atoms with E-state index in [4.69, 9.17) is 9.47 Å². The molecule has 0 bridgehead atoms. The number of hydrogen-bond donors (Lipinski definition) is 1. The highest BCUT2D eigenvalue weighted by Gasteiger charge is 2.21. The Hall–Kier alpha value is -0.690. The molecule has 0 radical (unpaired) electrons. The third-order valence-corrected chi connectivity index (χ3v) is 4.67. The van der Waals surface area contributed by atoms with Gasteiger partial charge in [0.05, 0.1) is 6.61 Å². The molecule has 2 rings (SSSR count). The molecule has 0 atom stereocenters. The van der Waals surface area contributed by atoms with E-state index >= 15 is 0 Å². The normalized spacial score (nSPS) is 16.8. The van der Waals surface area contributed by atoms with Crippen molar-refractivity contribution in [1.82, 2.24) is 10.3 Å². The molecule has 2 heterocycles. The summed E-state index contributed by atoms with van der Waals surface area (Å²) in [5.41, 5.74) is 0. The Morgan fingerprint density at radius 3 is 2.85 bits per heavy atom. The second-order valence-corrected chi connectivity index (χ2v) is 6.26. The number of nitrogens with zero attached hydrogens (tertiary/aromatic N) is 2. The molecule has 5 nitrogen and oxygen atoms in total. The highest BCUT2D eigenvalue weighted by molar-refractivity contribution is 7.15. The van der Waals surface area contributed by atoms with Gasteiger partial charge in [-0.1, -0.05) is 0 Å². The van der Waals surface area contributed by atoms with E-state index < -0.39 is 0 Å². The van der Waals surface area contributed by atoms with Crippen LogP contribution in [0.3, 0.4) is 0 Å². The fourth-order valence-electron chi connectivity index (χ4n) is 2.44. The van der Waals surface area contributed by atoms with E-state index in [1.165, 1.54) is 17.7 Å². The minimum absolute atomic E-state index is 0.714. The summed E-state index contributed by atoms with van der Waals surface area (Å²) in [6.45, 7) is 5.59. The molecule has 1 aliphatic rings. The Bertz CT molecular complexity index is 378. The van der Waals surface area contributed by atoms with Crippen molar-refractivity contribution in [2.24, 2.45) is 5.92 Å². The van der Waals surface area contributed by atoms with Crippen LogP contribution in [0.15, 0.2) is 6.20 Å². The Morgan fingerprint density at radius 1 is 1.35 bits per heavy atom. The molecule has 20 heavy (non-hydrogen) atoms. The fraction of sp³-hybridized carbons (Fsp3) is 0.786. The SMILES string of the molecule is COCCNCc1cnc(N2CCC(COC)CC2)s1. The third-order valence-electron chi connectivity index (χ3n) is 3.61. The van der Waals surface area contributed by atoms with Gasteiger partial charge in [-0.05, 0) is 18.8 Å². The van der Waals surface area contributed by atoms with Gasteiger partial charge in [-0.3, -0.25) is 0 Å². The molecule has 1 fully saturated rings. The second kappa shape index (κ2) is 8.56. The molecule has 1 aliphatic heterocycles. The van der Waals surface area contributed by atoms with Gasteiger partial charge in [-0.2, -0.15) is 0 Å². The number of ether oxygens (including phenoxy) is 2. The van der Waals surface area contributed by atoms with Gasteiger partial charge < -0.3 is 19.7 Å². The minimum atomic E-state index is 0.714. The molecule has 0 aromatic carbocycles. The third kappa shape index (κ3) is 4.70. The van der Waals surface area contributed by atoms with Crippen LogP contribution in [0.2, 0.25) is 0 Å². The van der Waals surface area contributed by atoms with Crippen molar-refractivity contribution in [2.75, 3.05) is 52.0 Å². The van der Waals surface area contributed by atoms with Gasteiger partial charge >= 0.3 is 0 Å². The second-order valence-electron chi connectivity index (χ2n) is 5.16. The maximum atomic E-state index is 5.24. The molecule has 0 amide bonds. The predicted octanol–water partition coefficient (Wildman–Crippen LogP) is 1.74. The molecule has 6 heteroatoms. The van der Waals surface area contributed by atoms with E-state index in [0.717, 1.165) is 44.5 Å². The molecule has 1 saturated heterocycles. The maximum absolute atomic E-state index is 5.24. The molecule has 0 aliphatic carbocycles. The molecule has 0 spiro atoms. The summed E-state index contributed by atoms with van der Waals surface area (Å²) in [6.07, 6.45) is 4.39. The Kier molecular flexibility index (Phi) is 6.72. The lowest BCUT2D eigenvalue weighted by Gasteiger charge is -2.31. The average molecular weight is 299 g/mol. The smallest absolute Gasteiger partial charge is 0.185 e. The minimum Gasteiger partial charge on any atom is -0.384 e. The van der Waals surface area contributed by atoms with Crippen LogP contribution in [0, 0.1) is 5.92 Å². The molecule has 0 saturated carbocycles. The largest absolute Gasteiger partial charge is 0.384 e. The molecular weight excluding hydrogens is 274 g/mol. The maximum Gasteiger partial charge on any atom is 0.185 e. The van der Waals surface area contributed by atoms with Crippen LogP contribution in [0.4, 0.5) is 5.13 Å². The van der Waals surface area contributed by atoms with Crippen LogP contribution in [-0.2, 0) is 16.0 Å². The summed E-state index contributed by atoms with van der Waals surface area (Å²) in [5.74, 6) is 0.714. The van der Waals surface area contributed by atoms with Crippen LogP contribution in [0.1, 0.15) is 17.7 Å². The number of anilines is 1. The predicted molar refractivity (Wildman–Crippen MR) is 82.5 cm³/mol. The van der Waals surface area contributed by atoms with Gasteiger partial charge in [0.1, 0.15) is 0 Å². The van der Waals surface area contributed by atoms with Crippen molar-refractivity contribution < 1.29 is 9.47 Å². The standard InChI is InChI=1S/C14H25N3O2S/c1-18-8-5-15-9-13-10-16-14(20-13)17-6-3-12(4-7-17)11-19-2/h10,12,15H,3-9,11H2,1-2H3. The number of aromatic nitrogens is 1. The zero-order valence-electron chi connectivity index (χ0n) is 12.4. The number of nitrogens with one attached hydrogen (secondary N) is 1. The zero-order valence-corrected chi connectivity index (χ0v) is 13.2. The summed E-state index contributed by atoms with van der Waals surface area (Å²) in [5, 5.41) is 4.51. The molecule has 114 valence electrons. The van der Waals surface area contributed by atoms with Crippen LogP contribution < -0.4 is 10.2 Å². The van der Waals surface area contributed by atoms with Gasteiger partial charge in [0.15, 0.2) is 5.13 Å². The van der Waals surface area contributed by atoms with Crippen LogP contribution in [-0.4, -0.2) is 52.1 Å². The Balaban J connectivity index is 1.75. The average Bonchev–Trinajstić information content (AvgIpc) is 2.94. The zero-order chi connectivity index (χ0) is 14.2. The van der Waals surface area contributed by atoms with Crippen molar-refractivity contribution >= 4 is 16.5 Å². The van der Waals surface area contributed by atoms with E-state index in [2.05, 4.69) is 15.2 Å². The Morgan fingerprint density at radius 2 is 2.15 bits per heavy atom. The summed E-state index contributed by atoms with van der Waals surface area (Å²) in [4.78, 5) is 8.24. The van der Waals surface area contributed by atoms with E-state index in [-0.39, 0.29) is 0 Å². The molecule has 1 aromatic rings. The molecule has 1 N–H and O–H groups in total. The van der Waals surface area contributed by atoms with Crippen LogP contribution >= 0.6 is 11.3 Å². The first-order chi connectivity index (χ1) is 9.83. The summed E-state index contributed by atoms with van der Waals surface area (Å²) >= 11 is 1.79. The van der Waals surface area contributed by atoms with Gasteiger partial charge in [-0.25, -0.2) is 4.98 Å². The lowest BCUT2D eigenvalue weighted by atomic mass is 9.98. The van der Waals surface area contributed by atoms with E-state index in [0.29, 0.717) is 5.92 Å². The van der Waals surface area contributed by atoms with Gasteiger partial charge in [0, 0.05) is 58.1 Å². The van der Waals surface area contributed by atoms with E-state index in [1.54, 1.807) is 25.6 Å². The number of piperidine rings is 1. The van der Waals surface area contributed by atoms with Crippen molar-refractivity contribution in [3.05, 3.63) is 11.1 Å². The van der Waals surface area contributed by atoms with Crippen molar-refractivity contribution in [2.45, 2.75) is 19.4 Å². The first-order valence-corrected chi connectivity index (χ1v) is 8.03. The first-order valence-electron chi connectivity index (χ1n) is 7.21. The monoisotopic (exact) mass is 299 g/mol. The van der Waals surface area contributed by atoms with Gasteiger partial charge in [0.2, 0.25) is 0 Å². The number of thiazole rings is 1. The van der Waals surface area contributed by atoms with Crippen LogP contribution in [0.5, 0.6) is 0 Å². The van der Waals surface area contributed by atoms with Crippen molar-refractivity contribution in [3.8, 4) is 0 Å². The lowest BCUT2D eigenvalue weighted by Crippen LogP contribution is -2.34. The Labute approximate surface area is 125 Å². The number of hydrogen-bond acceptors (Lipinski definition) is 6. The highest BCUT2D eigenvalue weighted by Crippen LogP contribution is 2.27. The van der Waals surface area contributed by atoms with E-state index in [9.17, 15) is 0 Å². The topological polar surface area (TPSA) is 46.6 Å². The van der Waals surface area contributed by atoms with Gasteiger partial charge in [0.25, 0.3) is 0 Å². The van der Waals surface area contributed by atoms with Gasteiger partial charge in [-0.15, -0.1) is 11.3 Å². The first kappa shape index (κ1) is 15.7. The summed E-state index contributed by atoms with van der Waals surface area (Å²) < 4.78 is 10.3. The van der Waals surface area contributed by atoms with Crippen LogP contribution in [0.25, 0.3) is 0 Å². The molecule has 1 aromatic heterocycles. The fourth-order valence-corrected chi connectivity index (χ4v) is 3.37. The van der Waals surface area contributed by atoms with E-state index in [1.807, 2.05) is 6.20 Å². The molecule has 0 unspecified atom stereocenters. The highest BCUT2D eigenvalue weighted by atomic mass is 32.1. The number of rotatable bonds is 8. The number of methoxy groups -OCH3 is 2. The summed E-state index contributed by atoms with van der Waals surface area (Å²) in [7, 11) is 3.51. The quantitative estimate of drug-likeness (QED) is 0.741. The lowest BCUT2D eigenvalue weighted by molar-refractivity contribution is 0.139. The molecular formula is C14H25N3O2S.